The summed E-state index contributed by atoms with van der Waals surface area (Å²) in [5, 5.41) is 6.14. The zero-order chi connectivity index (χ0) is 18.4. The first-order chi connectivity index (χ1) is 12.5. The van der Waals surface area contributed by atoms with Gasteiger partial charge in [0.2, 0.25) is 15.9 Å². The van der Waals surface area contributed by atoms with Crippen LogP contribution in [-0.4, -0.2) is 53.2 Å². The van der Waals surface area contributed by atoms with Gasteiger partial charge in [-0.05, 0) is 31.5 Å². The van der Waals surface area contributed by atoms with Crippen LogP contribution in [0.25, 0.3) is 0 Å². The number of carbonyl (C=O) groups excluding carboxylic acids is 1. The fraction of sp³-hybridized carbons (Fsp3) is 0.588. The van der Waals surface area contributed by atoms with E-state index in [-0.39, 0.29) is 42.2 Å². The maximum absolute atomic E-state index is 12.4. The van der Waals surface area contributed by atoms with Crippen LogP contribution in [0.3, 0.4) is 0 Å². The van der Waals surface area contributed by atoms with Crippen molar-refractivity contribution in [3.05, 3.63) is 18.2 Å². The Morgan fingerprint density at radius 1 is 1.19 bits per heavy atom. The number of ether oxygens (including phenoxy) is 2. The number of hydrogen-bond acceptors (Lipinski definition) is 6. The molecule has 0 aliphatic carbocycles. The van der Waals surface area contributed by atoms with Crippen LogP contribution in [0.4, 0.5) is 0 Å². The van der Waals surface area contributed by atoms with E-state index in [9.17, 15) is 13.2 Å². The van der Waals surface area contributed by atoms with Crippen molar-refractivity contribution in [3.8, 4) is 11.5 Å². The summed E-state index contributed by atoms with van der Waals surface area (Å²) in [7, 11) is -3.71. The first-order valence-electron chi connectivity index (χ1n) is 8.94. The molecule has 8 nitrogen and oxygen atoms in total. The molecule has 1 aromatic carbocycles. The Kier molecular flexibility index (Phi) is 8.15. The minimum absolute atomic E-state index is 0. The average molecular weight is 420 g/mol. The van der Waals surface area contributed by atoms with E-state index < -0.39 is 10.0 Å². The number of amides is 1. The minimum atomic E-state index is -3.71. The molecule has 152 valence electrons. The molecule has 3 N–H and O–H groups in total. The van der Waals surface area contributed by atoms with E-state index in [1.165, 1.54) is 12.1 Å². The molecule has 0 spiro atoms. The van der Waals surface area contributed by atoms with Crippen LogP contribution < -0.4 is 24.8 Å². The van der Waals surface area contributed by atoms with Gasteiger partial charge in [0.25, 0.3) is 0 Å². The number of carbonyl (C=O) groups is 1. The van der Waals surface area contributed by atoms with Gasteiger partial charge in [0, 0.05) is 38.0 Å². The maximum Gasteiger partial charge on any atom is 0.240 e. The molecule has 2 heterocycles. The number of hydrogen-bond donors (Lipinski definition) is 3. The summed E-state index contributed by atoms with van der Waals surface area (Å²) < 4.78 is 38.3. The van der Waals surface area contributed by atoms with E-state index in [4.69, 9.17) is 9.47 Å². The Labute approximate surface area is 165 Å². The van der Waals surface area contributed by atoms with Gasteiger partial charge in [0.05, 0.1) is 18.1 Å². The lowest BCUT2D eigenvalue weighted by atomic mass is 10.1. The average Bonchev–Trinajstić information content (AvgIpc) is 2.87. The molecule has 1 amide bonds. The highest BCUT2D eigenvalue weighted by Gasteiger charge is 2.20. The van der Waals surface area contributed by atoms with Crippen LogP contribution in [0.1, 0.15) is 25.7 Å². The Morgan fingerprint density at radius 3 is 2.70 bits per heavy atom. The van der Waals surface area contributed by atoms with E-state index in [0.29, 0.717) is 24.7 Å². The summed E-state index contributed by atoms with van der Waals surface area (Å²) in [6.45, 7) is 2.81. The summed E-state index contributed by atoms with van der Waals surface area (Å²) in [4.78, 5) is 12.0. The molecule has 10 heteroatoms. The molecule has 0 aromatic heterocycles. The molecule has 27 heavy (non-hydrogen) atoms. The van der Waals surface area contributed by atoms with Crippen LogP contribution in [0.15, 0.2) is 23.1 Å². The zero-order valence-corrected chi connectivity index (χ0v) is 16.7. The van der Waals surface area contributed by atoms with Crippen LogP contribution in [-0.2, 0) is 14.8 Å². The lowest BCUT2D eigenvalue weighted by Gasteiger charge is -2.23. The van der Waals surface area contributed by atoms with Crippen molar-refractivity contribution in [2.45, 2.75) is 36.6 Å². The molecule has 0 unspecified atom stereocenters. The van der Waals surface area contributed by atoms with E-state index in [1.54, 1.807) is 6.07 Å². The number of sulfonamides is 1. The fourth-order valence-corrected chi connectivity index (χ4v) is 4.01. The SMILES string of the molecule is Cl.O=C(CCNS(=O)(=O)c1ccc2c(c1)OCCCO2)N[C@H]1CCCNC1. The topological polar surface area (TPSA) is 106 Å². The van der Waals surface area contributed by atoms with Crippen molar-refractivity contribution >= 4 is 28.3 Å². The molecule has 0 radical (unpaired) electrons. The molecule has 0 saturated carbocycles. The second-order valence-corrected chi connectivity index (χ2v) is 8.18. The van der Waals surface area contributed by atoms with Gasteiger partial charge in [0.15, 0.2) is 11.5 Å². The van der Waals surface area contributed by atoms with Crippen molar-refractivity contribution in [1.82, 2.24) is 15.4 Å². The Balaban J connectivity index is 0.00000261. The highest BCUT2D eigenvalue weighted by molar-refractivity contribution is 7.89. The number of fused-ring (bicyclic) bond motifs is 1. The normalized spacial score (nSPS) is 19.5. The number of piperidine rings is 1. The van der Waals surface area contributed by atoms with Gasteiger partial charge in [0.1, 0.15) is 0 Å². The summed E-state index contributed by atoms with van der Waals surface area (Å²) in [6, 6.07) is 4.65. The molecule has 2 aliphatic rings. The smallest absolute Gasteiger partial charge is 0.240 e. The van der Waals surface area contributed by atoms with Gasteiger partial charge in [-0.2, -0.15) is 0 Å². The third-order valence-corrected chi connectivity index (χ3v) is 5.79. The number of halogens is 1. The molecule has 1 aromatic rings. The summed E-state index contributed by atoms with van der Waals surface area (Å²) >= 11 is 0. The Hall–Kier alpha value is -1.55. The van der Waals surface area contributed by atoms with Crippen LogP contribution in [0.5, 0.6) is 11.5 Å². The second-order valence-electron chi connectivity index (χ2n) is 6.42. The second kappa shape index (κ2) is 10.1. The summed E-state index contributed by atoms with van der Waals surface area (Å²) in [5.74, 6) is 0.815. The van der Waals surface area contributed by atoms with Crippen LogP contribution in [0, 0.1) is 0 Å². The van der Waals surface area contributed by atoms with Gasteiger partial charge in [-0.25, -0.2) is 13.1 Å². The highest BCUT2D eigenvalue weighted by atomic mass is 35.5. The molecule has 1 atom stereocenters. The molecule has 1 saturated heterocycles. The van der Waals surface area contributed by atoms with Crippen molar-refractivity contribution in [2.24, 2.45) is 0 Å². The number of nitrogens with one attached hydrogen (secondary N) is 3. The van der Waals surface area contributed by atoms with Gasteiger partial charge in [-0.3, -0.25) is 4.79 Å². The Morgan fingerprint density at radius 2 is 1.96 bits per heavy atom. The predicted octanol–water partition coefficient (Wildman–Crippen LogP) is 0.806. The monoisotopic (exact) mass is 419 g/mol. The lowest BCUT2D eigenvalue weighted by molar-refractivity contribution is -0.121. The quantitative estimate of drug-likeness (QED) is 0.630. The number of rotatable bonds is 6. The van der Waals surface area contributed by atoms with Crippen molar-refractivity contribution < 1.29 is 22.7 Å². The molecule has 2 aliphatic heterocycles. The van der Waals surface area contributed by atoms with Crippen molar-refractivity contribution in [2.75, 3.05) is 32.8 Å². The standard InChI is InChI=1S/C17H25N3O5S.ClH/c21-17(20-13-3-1-7-18-12-13)6-8-19-26(22,23)14-4-5-15-16(11-14)25-10-2-9-24-15;/h4-5,11,13,18-19H,1-3,6-10,12H2,(H,20,21);1H/t13-;/m0./s1. The number of benzene rings is 1. The van der Waals surface area contributed by atoms with Crippen molar-refractivity contribution in [1.29, 1.82) is 0 Å². The zero-order valence-electron chi connectivity index (χ0n) is 15.0. The van der Waals surface area contributed by atoms with E-state index >= 15 is 0 Å². The van der Waals surface area contributed by atoms with Crippen LogP contribution in [0.2, 0.25) is 0 Å². The van der Waals surface area contributed by atoms with E-state index in [0.717, 1.165) is 32.4 Å². The van der Waals surface area contributed by atoms with E-state index in [1.807, 2.05) is 0 Å². The lowest BCUT2D eigenvalue weighted by Crippen LogP contribution is -2.46. The van der Waals surface area contributed by atoms with Crippen molar-refractivity contribution in [3.63, 3.8) is 0 Å². The first kappa shape index (κ1) is 21.7. The maximum atomic E-state index is 12.4. The van der Waals surface area contributed by atoms with Gasteiger partial charge in [-0.15, -0.1) is 12.4 Å². The largest absolute Gasteiger partial charge is 0.490 e. The highest BCUT2D eigenvalue weighted by Crippen LogP contribution is 2.31. The predicted molar refractivity (Wildman–Crippen MR) is 103 cm³/mol. The Bertz CT molecular complexity index is 738. The molecular formula is C17H26ClN3O5S. The third kappa shape index (κ3) is 6.24. The fourth-order valence-electron chi connectivity index (χ4n) is 2.97. The minimum Gasteiger partial charge on any atom is -0.490 e. The van der Waals surface area contributed by atoms with Gasteiger partial charge in [-0.1, -0.05) is 0 Å². The van der Waals surface area contributed by atoms with Crippen LogP contribution >= 0.6 is 12.4 Å². The molecule has 0 bridgehead atoms. The third-order valence-electron chi connectivity index (χ3n) is 4.34. The summed E-state index contributed by atoms with van der Waals surface area (Å²) in [6.07, 6.45) is 2.82. The van der Waals surface area contributed by atoms with E-state index in [2.05, 4.69) is 15.4 Å². The molecular weight excluding hydrogens is 394 g/mol. The summed E-state index contributed by atoms with van der Waals surface area (Å²) in [5.41, 5.74) is 0. The van der Waals surface area contributed by atoms with Gasteiger partial charge < -0.3 is 20.1 Å². The molecule has 1 fully saturated rings. The first-order valence-corrected chi connectivity index (χ1v) is 10.4. The van der Waals surface area contributed by atoms with Gasteiger partial charge >= 0.3 is 0 Å². The molecule has 3 rings (SSSR count).